The van der Waals surface area contributed by atoms with Gasteiger partial charge >= 0.3 is 12.1 Å². The van der Waals surface area contributed by atoms with Crippen molar-refractivity contribution in [2.45, 2.75) is 25.5 Å². The van der Waals surface area contributed by atoms with E-state index in [4.69, 9.17) is 9.84 Å². The molecule has 0 bridgehead atoms. The number of amides is 1. The van der Waals surface area contributed by atoms with Crippen molar-refractivity contribution < 1.29 is 24.2 Å². The van der Waals surface area contributed by atoms with Crippen LogP contribution in [0, 0.1) is 0 Å². The summed E-state index contributed by atoms with van der Waals surface area (Å²) >= 11 is 0. The molecule has 1 fully saturated rings. The predicted octanol–water partition coefficient (Wildman–Crippen LogP) is 2.00. The Balaban J connectivity index is 0.000000304. The van der Waals surface area contributed by atoms with E-state index >= 15 is 0 Å². The van der Waals surface area contributed by atoms with E-state index in [0.29, 0.717) is 13.0 Å². The maximum absolute atomic E-state index is 11.3. The molecule has 2 atom stereocenters. The molecule has 1 amide bonds. The number of methoxy groups -OCH3 is 1. The van der Waals surface area contributed by atoms with Gasteiger partial charge in [-0.1, -0.05) is 36.4 Å². The van der Waals surface area contributed by atoms with Crippen molar-refractivity contribution in [1.29, 1.82) is 0 Å². The molecule has 1 aliphatic heterocycles. The van der Waals surface area contributed by atoms with Crippen LogP contribution in [0.3, 0.4) is 0 Å². The molecule has 2 unspecified atom stereocenters. The van der Waals surface area contributed by atoms with Crippen LogP contribution in [0.15, 0.2) is 36.4 Å². The van der Waals surface area contributed by atoms with Gasteiger partial charge in [-0.25, -0.2) is 9.59 Å². The second-order valence-corrected chi connectivity index (χ2v) is 4.44. The summed E-state index contributed by atoms with van der Waals surface area (Å²) in [4.78, 5) is 23.3. The number of rotatable bonds is 3. The van der Waals surface area contributed by atoms with Crippen LogP contribution in [-0.4, -0.2) is 54.5 Å². The SMILES string of the molecule is CCOC1CC(C(=O)O)N(C(=O)OC)C1.c1ccccc1. The molecule has 0 saturated carbocycles. The third kappa shape index (κ3) is 5.43. The van der Waals surface area contributed by atoms with E-state index < -0.39 is 18.1 Å². The van der Waals surface area contributed by atoms with E-state index in [1.54, 1.807) is 0 Å². The maximum Gasteiger partial charge on any atom is 0.410 e. The highest BCUT2D eigenvalue weighted by Crippen LogP contribution is 2.21. The van der Waals surface area contributed by atoms with Gasteiger partial charge in [-0.15, -0.1) is 0 Å². The van der Waals surface area contributed by atoms with Crippen LogP contribution >= 0.6 is 0 Å². The first-order valence-electron chi connectivity index (χ1n) is 6.79. The molecule has 1 heterocycles. The fraction of sp³-hybridized carbons (Fsp3) is 0.467. The average Bonchev–Trinajstić information content (AvgIpc) is 2.93. The van der Waals surface area contributed by atoms with Crippen LogP contribution < -0.4 is 0 Å². The summed E-state index contributed by atoms with van der Waals surface area (Å²) in [5.41, 5.74) is 0. The van der Waals surface area contributed by atoms with Crippen LogP contribution in [0.4, 0.5) is 4.79 Å². The van der Waals surface area contributed by atoms with E-state index in [9.17, 15) is 9.59 Å². The average molecular weight is 295 g/mol. The maximum atomic E-state index is 11.3. The minimum Gasteiger partial charge on any atom is -0.480 e. The summed E-state index contributed by atoms with van der Waals surface area (Å²) in [6.07, 6.45) is -0.516. The van der Waals surface area contributed by atoms with Crippen molar-refractivity contribution in [3.63, 3.8) is 0 Å². The van der Waals surface area contributed by atoms with Crippen molar-refractivity contribution in [2.24, 2.45) is 0 Å². The Morgan fingerprint density at radius 2 is 1.71 bits per heavy atom. The van der Waals surface area contributed by atoms with Crippen molar-refractivity contribution in [3.05, 3.63) is 36.4 Å². The van der Waals surface area contributed by atoms with E-state index in [0.717, 1.165) is 0 Å². The normalized spacial score (nSPS) is 20.4. The Morgan fingerprint density at radius 1 is 1.19 bits per heavy atom. The highest BCUT2D eigenvalue weighted by Gasteiger charge is 2.40. The van der Waals surface area contributed by atoms with Crippen LogP contribution in [0.2, 0.25) is 0 Å². The number of carboxylic acid groups (broad SMARTS) is 1. The molecular weight excluding hydrogens is 274 g/mol. The molecule has 6 heteroatoms. The van der Waals surface area contributed by atoms with Crippen LogP contribution in [0.5, 0.6) is 0 Å². The smallest absolute Gasteiger partial charge is 0.410 e. The van der Waals surface area contributed by atoms with Gasteiger partial charge in [0.25, 0.3) is 0 Å². The van der Waals surface area contributed by atoms with Crippen molar-refractivity contribution >= 4 is 12.1 Å². The third-order valence-corrected chi connectivity index (χ3v) is 3.03. The van der Waals surface area contributed by atoms with Gasteiger partial charge in [0.05, 0.1) is 19.8 Å². The zero-order valence-corrected chi connectivity index (χ0v) is 12.3. The topological polar surface area (TPSA) is 76.1 Å². The van der Waals surface area contributed by atoms with Crippen molar-refractivity contribution in [3.8, 4) is 0 Å². The Labute approximate surface area is 124 Å². The molecule has 1 aromatic carbocycles. The van der Waals surface area contributed by atoms with Gasteiger partial charge in [0.1, 0.15) is 6.04 Å². The summed E-state index contributed by atoms with van der Waals surface area (Å²) in [5.74, 6) is -1.03. The first-order valence-corrected chi connectivity index (χ1v) is 6.79. The van der Waals surface area contributed by atoms with Gasteiger partial charge in [-0.2, -0.15) is 0 Å². The monoisotopic (exact) mass is 295 g/mol. The zero-order chi connectivity index (χ0) is 15.7. The lowest BCUT2D eigenvalue weighted by molar-refractivity contribution is -0.141. The fourth-order valence-electron chi connectivity index (χ4n) is 2.09. The largest absolute Gasteiger partial charge is 0.480 e. The van der Waals surface area contributed by atoms with E-state index in [2.05, 4.69) is 4.74 Å². The molecule has 0 spiro atoms. The van der Waals surface area contributed by atoms with Gasteiger partial charge in [-0.3, -0.25) is 4.90 Å². The number of likely N-dealkylation sites (tertiary alicyclic amines) is 1. The predicted molar refractivity (Wildman–Crippen MR) is 77.0 cm³/mol. The summed E-state index contributed by atoms with van der Waals surface area (Å²) in [7, 11) is 1.23. The highest BCUT2D eigenvalue weighted by molar-refractivity contribution is 5.80. The molecular formula is C15H21NO5. The van der Waals surface area contributed by atoms with E-state index in [1.165, 1.54) is 12.0 Å². The number of nitrogens with zero attached hydrogens (tertiary/aromatic N) is 1. The van der Waals surface area contributed by atoms with E-state index in [1.807, 2.05) is 43.3 Å². The zero-order valence-electron chi connectivity index (χ0n) is 12.3. The Hall–Kier alpha value is -2.08. The lowest BCUT2D eigenvalue weighted by atomic mass is 10.2. The first kappa shape index (κ1) is 17.0. The molecule has 1 aliphatic rings. The third-order valence-electron chi connectivity index (χ3n) is 3.03. The number of benzene rings is 1. The van der Waals surface area contributed by atoms with E-state index in [-0.39, 0.29) is 12.6 Å². The Bertz CT molecular complexity index is 410. The summed E-state index contributed by atoms with van der Waals surface area (Å²) in [6.45, 7) is 2.61. The van der Waals surface area contributed by atoms with Crippen molar-refractivity contribution in [2.75, 3.05) is 20.3 Å². The number of hydrogen-bond acceptors (Lipinski definition) is 4. The fourth-order valence-corrected chi connectivity index (χ4v) is 2.09. The molecule has 0 aliphatic carbocycles. The molecule has 116 valence electrons. The van der Waals surface area contributed by atoms with Crippen LogP contribution in [-0.2, 0) is 14.3 Å². The summed E-state index contributed by atoms with van der Waals surface area (Å²) < 4.78 is 9.80. The van der Waals surface area contributed by atoms with Crippen molar-refractivity contribution in [1.82, 2.24) is 4.90 Å². The van der Waals surface area contributed by atoms with Gasteiger partial charge in [0.2, 0.25) is 0 Å². The van der Waals surface area contributed by atoms with Gasteiger partial charge in [-0.05, 0) is 6.92 Å². The number of hydrogen-bond donors (Lipinski definition) is 1. The van der Waals surface area contributed by atoms with Gasteiger partial charge < -0.3 is 14.6 Å². The minimum atomic E-state index is -1.03. The first-order chi connectivity index (χ1) is 10.1. The Morgan fingerprint density at radius 3 is 2.10 bits per heavy atom. The molecule has 21 heavy (non-hydrogen) atoms. The molecule has 1 aromatic rings. The summed E-state index contributed by atoms with van der Waals surface area (Å²) in [6, 6.07) is 11.2. The molecule has 6 nitrogen and oxygen atoms in total. The second kappa shape index (κ2) is 8.97. The second-order valence-electron chi connectivity index (χ2n) is 4.44. The number of carbonyl (C=O) groups is 2. The number of aliphatic carboxylic acids is 1. The molecule has 1 saturated heterocycles. The number of carbonyl (C=O) groups excluding carboxylic acids is 1. The lowest BCUT2D eigenvalue weighted by Gasteiger charge is -2.18. The quantitative estimate of drug-likeness (QED) is 0.923. The molecule has 0 radical (unpaired) electrons. The minimum absolute atomic E-state index is 0.213. The summed E-state index contributed by atoms with van der Waals surface area (Å²) in [5, 5.41) is 8.91. The standard InChI is InChI=1S/C9H15NO5.C6H6/c1-3-15-6-4-7(8(11)12)10(5-6)9(13)14-2;1-2-4-6-5-3-1/h6-7H,3-5H2,1-2H3,(H,11,12);1-6H. The van der Waals surface area contributed by atoms with Gasteiger partial charge in [0.15, 0.2) is 0 Å². The number of carboxylic acids is 1. The molecule has 2 rings (SSSR count). The number of ether oxygens (including phenoxy) is 2. The highest BCUT2D eigenvalue weighted by atomic mass is 16.5. The Kier molecular flexibility index (Phi) is 7.25. The van der Waals surface area contributed by atoms with Gasteiger partial charge in [0, 0.05) is 13.0 Å². The lowest BCUT2D eigenvalue weighted by Crippen LogP contribution is -2.40. The molecule has 0 aromatic heterocycles. The molecule has 1 N–H and O–H groups in total. The van der Waals surface area contributed by atoms with Crippen LogP contribution in [0.25, 0.3) is 0 Å². The van der Waals surface area contributed by atoms with Crippen LogP contribution in [0.1, 0.15) is 13.3 Å².